The van der Waals surface area contributed by atoms with Gasteiger partial charge < -0.3 is 10.7 Å². The van der Waals surface area contributed by atoms with E-state index in [0.717, 1.165) is 12.1 Å². The molecule has 0 saturated carbocycles. The quantitative estimate of drug-likeness (QED) is 0.635. The van der Waals surface area contributed by atoms with Gasteiger partial charge in [-0.1, -0.05) is 0 Å². The SMILES string of the molecule is CNCc1cc(C=N)cs1. The van der Waals surface area contributed by atoms with E-state index >= 15 is 0 Å². The summed E-state index contributed by atoms with van der Waals surface area (Å²) in [6.45, 7) is 0.901. The second kappa shape index (κ2) is 3.49. The van der Waals surface area contributed by atoms with E-state index in [4.69, 9.17) is 5.41 Å². The van der Waals surface area contributed by atoms with Gasteiger partial charge in [0.2, 0.25) is 0 Å². The molecule has 2 nitrogen and oxygen atoms in total. The zero-order chi connectivity index (χ0) is 7.40. The van der Waals surface area contributed by atoms with E-state index in [2.05, 4.69) is 5.32 Å². The standard InChI is InChI=1S/C7H10N2S/c1-9-4-7-2-6(3-8)5-10-7/h2-3,5,8-9H,4H2,1H3. The van der Waals surface area contributed by atoms with Crippen molar-refractivity contribution < 1.29 is 0 Å². The molecule has 0 fully saturated rings. The van der Waals surface area contributed by atoms with Gasteiger partial charge in [-0.25, -0.2) is 0 Å². The third kappa shape index (κ3) is 1.65. The zero-order valence-corrected chi connectivity index (χ0v) is 6.66. The molecule has 0 aliphatic carbocycles. The van der Waals surface area contributed by atoms with Crippen molar-refractivity contribution in [3.8, 4) is 0 Å². The number of hydrogen-bond acceptors (Lipinski definition) is 3. The lowest BCUT2D eigenvalue weighted by Crippen LogP contribution is -2.02. The fourth-order valence-corrected chi connectivity index (χ4v) is 1.60. The summed E-state index contributed by atoms with van der Waals surface area (Å²) in [5.74, 6) is 0. The van der Waals surface area contributed by atoms with Crippen molar-refractivity contribution in [2.75, 3.05) is 7.05 Å². The Hall–Kier alpha value is -0.670. The third-order valence-electron chi connectivity index (χ3n) is 1.19. The molecule has 0 atom stereocenters. The van der Waals surface area contributed by atoms with E-state index in [1.807, 2.05) is 18.5 Å². The monoisotopic (exact) mass is 154 g/mol. The summed E-state index contributed by atoms with van der Waals surface area (Å²) < 4.78 is 0. The van der Waals surface area contributed by atoms with E-state index in [9.17, 15) is 0 Å². The average Bonchev–Trinajstić information content (AvgIpc) is 2.37. The van der Waals surface area contributed by atoms with Crippen LogP contribution in [0.4, 0.5) is 0 Å². The number of thiophene rings is 1. The molecule has 10 heavy (non-hydrogen) atoms. The van der Waals surface area contributed by atoms with Crippen LogP contribution in [0.3, 0.4) is 0 Å². The molecule has 0 aromatic carbocycles. The van der Waals surface area contributed by atoms with Crippen molar-refractivity contribution in [3.05, 3.63) is 21.9 Å². The second-order valence-corrected chi connectivity index (χ2v) is 3.02. The van der Waals surface area contributed by atoms with Gasteiger partial charge in [-0.2, -0.15) is 0 Å². The summed E-state index contributed by atoms with van der Waals surface area (Å²) in [7, 11) is 1.92. The topological polar surface area (TPSA) is 35.9 Å². The first-order valence-electron chi connectivity index (χ1n) is 3.09. The molecule has 3 heteroatoms. The minimum absolute atomic E-state index is 0.901. The van der Waals surface area contributed by atoms with Crippen LogP contribution in [-0.2, 0) is 6.54 Å². The van der Waals surface area contributed by atoms with Gasteiger partial charge in [0.1, 0.15) is 0 Å². The Morgan fingerprint density at radius 2 is 2.60 bits per heavy atom. The molecule has 2 N–H and O–H groups in total. The maximum atomic E-state index is 6.95. The van der Waals surface area contributed by atoms with Gasteiger partial charge in [0.25, 0.3) is 0 Å². The average molecular weight is 154 g/mol. The maximum Gasteiger partial charge on any atom is 0.0296 e. The van der Waals surface area contributed by atoms with Gasteiger partial charge >= 0.3 is 0 Å². The van der Waals surface area contributed by atoms with E-state index in [1.165, 1.54) is 11.1 Å². The smallest absolute Gasteiger partial charge is 0.0296 e. The third-order valence-corrected chi connectivity index (χ3v) is 2.15. The number of rotatable bonds is 3. The summed E-state index contributed by atoms with van der Waals surface area (Å²) in [4.78, 5) is 1.28. The highest BCUT2D eigenvalue weighted by molar-refractivity contribution is 7.10. The van der Waals surface area contributed by atoms with Crippen LogP contribution in [0.25, 0.3) is 0 Å². The van der Waals surface area contributed by atoms with Crippen LogP contribution in [0.1, 0.15) is 10.4 Å². The van der Waals surface area contributed by atoms with E-state index in [-0.39, 0.29) is 0 Å². The van der Waals surface area contributed by atoms with Crippen molar-refractivity contribution in [2.45, 2.75) is 6.54 Å². The fourth-order valence-electron chi connectivity index (χ4n) is 0.740. The fraction of sp³-hybridized carbons (Fsp3) is 0.286. The molecule has 0 spiro atoms. The Balaban J connectivity index is 2.68. The second-order valence-electron chi connectivity index (χ2n) is 2.02. The Bertz CT molecular complexity index is 217. The lowest BCUT2D eigenvalue weighted by Gasteiger charge is -1.89. The first-order valence-corrected chi connectivity index (χ1v) is 3.97. The Kier molecular flexibility index (Phi) is 2.59. The van der Waals surface area contributed by atoms with Crippen molar-refractivity contribution >= 4 is 17.6 Å². The first-order chi connectivity index (χ1) is 4.86. The molecule has 0 aliphatic heterocycles. The first kappa shape index (κ1) is 7.44. The number of hydrogen-bond donors (Lipinski definition) is 2. The zero-order valence-electron chi connectivity index (χ0n) is 5.85. The lowest BCUT2D eigenvalue weighted by molar-refractivity contribution is 0.831. The van der Waals surface area contributed by atoms with Crippen molar-refractivity contribution in [2.24, 2.45) is 0 Å². The van der Waals surface area contributed by atoms with E-state index < -0.39 is 0 Å². The Morgan fingerprint density at radius 1 is 1.80 bits per heavy atom. The molecule has 0 amide bonds. The van der Waals surface area contributed by atoms with Crippen molar-refractivity contribution in [1.29, 1.82) is 5.41 Å². The van der Waals surface area contributed by atoms with Crippen LogP contribution in [0.2, 0.25) is 0 Å². The highest BCUT2D eigenvalue weighted by Gasteiger charge is 1.94. The predicted molar refractivity (Wildman–Crippen MR) is 45.0 cm³/mol. The molecule has 0 saturated heterocycles. The molecule has 0 radical (unpaired) electrons. The molecule has 1 rings (SSSR count). The summed E-state index contributed by atoms with van der Waals surface area (Å²) in [6.07, 6.45) is 1.37. The summed E-state index contributed by atoms with van der Waals surface area (Å²) >= 11 is 1.68. The van der Waals surface area contributed by atoms with Crippen molar-refractivity contribution in [1.82, 2.24) is 5.32 Å². The predicted octanol–water partition coefficient (Wildman–Crippen LogP) is 1.47. The van der Waals surface area contributed by atoms with Crippen LogP contribution in [0, 0.1) is 5.41 Å². The van der Waals surface area contributed by atoms with Crippen LogP contribution >= 0.6 is 11.3 Å². The van der Waals surface area contributed by atoms with Crippen molar-refractivity contribution in [3.63, 3.8) is 0 Å². The highest BCUT2D eigenvalue weighted by atomic mass is 32.1. The Morgan fingerprint density at radius 3 is 3.10 bits per heavy atom. The molecule has 0 aliphatic rings. The number of nitrogens with one attached hydrogen (secondary N) is 2. The molecule has 1 heterocycles. The van der Waals surface area contributed by atoms with E-state index in [0.29, 0.717) is 0 Å². The summed E-state index contributed by atoms with van der Waals surface area (Å²) in [5.41, 5.74) is 0.996. The normalized spacial score (nSPS) is 9.70. The molecule has 0 unspecified atom stereocenters. The van der Waals surface area contributed by atoms with Gasteiger partial charge in [-0.05, 0) is 18.5 Å². The van der Waals surface area contributed by atoms with Crippen LogP contribution in [0.15, 0.2) is 11.4 Å². The van der Waals surface area contributed by atoms with Crippen LogP contribution in [0.5, 0.6) is 0 Å². The highest BCUT2D eigenvalue weighted by Crippen LogP contribution is 2.11. The summed E-state index contributed by atoms with van der Waals surface area (Å²) in [5, 5.41) is 12.0. The molecule has 1 aromatic rings. The van der Waals surface area contributed by atoms with Crippen LogP contribution < -0.4 is 5.32 Å². The van der Waals surface area contributed by atoms with Gasteiger partial charge in [0, 0.05) is 23.2 Å². The van der Waals surface area contributed by atoms with Gasteiger partial charge in [-0.3, -0.25) is 0 Å². The molecule has 54 valence electrons. The van der Waals surface area contributed by atoms with E-state index in [1.54, 1.807) is 11.3 Å². The van der Waals surface area contributed by atoms with Gasteiger partial charge in [0.05, 0.1) is 0 Å². The Labute approximate surface area is 64.4 Å². The molecule has 0 bridgehead atoms. The minimum Gasteiger partial charge on any atom is -0.315 e. The molecular weight excluding hydrogens is 144 g/mol. The van der Waals surface area contributed by atoms with Gasteiger partial charge in [0.15, 0.2) is 0 Å². The molecule has 1 aromatic heterocycles. The summed E-state index contributed by atoms with van der Waals surface area (Å²) in [6, 6.07) is 2.02. The van der Waals surface area contributed by atoms with Gasteiger partial charge in [-0.15, -0.1) is 11.3 Å². The maximum absolute atomic E-state index is 6.95. The molecular formula is C7H10N2S. The largest absolute Gasteiger partial charge is 0.315 e. The minimum atomic E-state index is 0.901. The lowest BCUT2D eigenvalue weighted by atomic mass is 10.3. The van der Waals surface area contributed by atoms with Crippen LogP contribution in [-0.4, -0.2) is 13.3 Å².